The molecule has 0 bridgehead atoms. The maximum absolute atomic E-state index is 13.0. The number of nitrogens with one attached hydrogen (secondary N) is 1. The van der Waals surface area contributed by atoms with Gasteiger partial charge in [0.1, 0.15) is 17.0 Å². The summed E-state index contributed by atoms with van der Waals surface area (Å²) in [7, 11) is -2.33. The van der Waals surface area contributed by atoms with Gasteiger partial charge >= 0.3 is 0 Å². The van der Waals surface area contributed by atoms with Crippen LogP contribution in [0.2, 0.25) is 0 Å². The summed E-state index contributed by atoms with van der Waals surface area (Å²) in [5.74, 6) is 0.825. The molecule has 0 aliphatic heterocycles. The van der Waals surface area contributed by atoms with E-state index in [1.807, 2.05) is 36.6 Å². The van der Waals surface area contributed by atoms with Crippen molar-refractivity contribution in [2.24, 2.45) is 4.99 Å². The molecule has 0 aliphatic rings. The van der Waals surface area contributed by atoms with Crippen LogP contribution in [-0.2, 0) is 16.6 Å². The average Bonchev–Trinajstić information content (AvgIpc) is 3.22. The van der Waals surface area contributed by atoms with E-state index in [4.69, 9.17) is 9.47 Å². The number of fused-ring (bicyclic) bond motifs is 1. The van der Waals surface area contributed by atoms with E-state index in [2.05, 4.69) is 9.71 Å². The predicted molar refractivity (Wildman–Crippen MR) is 137 cm³/mol. The lowest BCUT2D eigenvalue weighted by atomic mass is 10.2. The molecule has 0 spiro atoms. The van der Waals surface area contributed by atoms with Gasteiger partial charge in [0.2, 0.25) is 0 Å². The van der Waals surface area contributed by atoms with Gasteiger partial charge in [-0.3, -0.25) is 9.52 Å². The standard InChI is InChI=1S/C25H25N3O5S2/c1-4-28-23-21(33-5-2)10-7-11-22(23)34-25(28)26-24(29)17-8-6-9-18(16-17)27-35(30,31)20-14-12-19(32-3)13-15-20/h6-16,27H,4-5H2,1-3H3. The minimum absolute atomic E-state index is 0.0825. The molecular formula is C25H25N3O5S2. The second kappa shape index (κ2) is 10.3. The number of aromatic nitrogens is 1. The average molecular weight is 512 g/mol. The number of carbonyl (C=O) groups excluding carboxylic acids is 1. The van der Waals surface area contributed by atoms with Crippen molar-refractivity contribution in [3.8, 4) is 11.5 Å². The SMILES string of the molecule is CCOc1cccc2sc(=NC(=O)c3cccc(NS(=O)(=O)c4ccc(OC)cc4)c3)n(CC)c12. The largest absolute Gasteiger partial charge is 0.497 e. The number of carbonyl (C=O) groups is 1. The first-order chi connectivity index (χ1) is 16.9. The van der Waals surface area contributed by atoms with Crippen molar-refractivity contribution in [2.45, 2.75) is 25.3 Å². The quantitative estimate of drug-likeness (QED) is 0.371. The molecule has 0 fully saturated rings. The summed E-state index contributed by atoms with van der Waals surface area (Å²) >= 11 is 1.40. The molecule has 1 heterocycles. The molecule has 4 aromatic rings. The highest BCUT2D eigenvalue weighted by Crippen LogP contribution is 2.28. The van der Waals surface area contributed by atoms with Gasteiger partial charge in [-0.1, -0.05) is 23.5 Å². The number of ether oxygens (including phenoxy) is 2. The molecule has 0 aliphatic carbocycles. The molecule has 35 heavy (non-hydrogen) atoms. The zero-order valence-corrected chi connectivity index (χ0v) is 21.2. The lowest BCUT2D eigenvalue weighted by molar-refractivity contribution is 0.0998. The summed E-state index contributed by atoms with van der Waals surface area (Å²) in [6.07, 6.45) is 0. The number of anilines is 1. The number of hydrogen-bond donors (Lipinski definition) is 1. The highest BCUT2D eigenvalue weighted by Gasteiger charge is 2.16. The highest BCUT2D eigenvalue weighted by atomic mass is 32.2. The third kappa shape index (κ3) is 5.23. The van der Waals surface area contributed by atoms with Gasteiger partial charge in [0.25, 0.3) is 15.9 Å². The number of rotatable bonds is 8. The van der Waals surface area contributed by atoms with Crippen molar-refractivity contribution in [3.05, 3.63) is 77.1 Å². The van der Waals surface area contributed by atoms with Crippen LogP contribution in [0, 0.1) is 0 Å². The van der Waals surface area contributed by atoms with Crippen molar-refractivity contribution in [3.63, 3.8) is 0 Å². The van der Waals surface area contributed by atoms with Crippen molar-refractivity contribution >= 4 is 43.2 Å². The first kappa shape index (κ1) is 24.5. The van der Waals surface area contributed by atoms with E-state index in [0.29, 0.717) is 23.7 Å². The number of methoxy groups -OCH3 is 1. The number of amides is 1. The number of thiazole rings is 1. The van der Waals surface area contributed by atoms with E-state index in [1.165, 1.54) is 36.6 Å². The van der Waals surface area contributed by atoms with E-state index in [0.717, 1.165) is 16.0 Å². The van der Waals surface area contributed by atoms with E-state index in [-0.39, 0.29) is 16.1 Å². The van der Waals surface area contributed by atoms with Crippen LogP contribution in [0.1, 0.15) is 24.2 Å². The Kier molecular flexibility index (Phi) is 7.23. The van der Waals surface area contributed by atoms with Crippen LogP contribution in [0.5, 0.6) is 11.5 Å². The Bertz CT molecular complexity index is 1540. The van der Waals surface area contributed by atoms with Crippen LogP contribution < -0.4 is 19.0 Å². The summed E-state index contributed by atoms with van der Waals surface area (Å²) in [5, 5.41) is 0. The molecule has 3 aromatic carbocycles. The molecule has 0 saturated heterocycles. The Labute approximate surface area is 207 Å². The number of para-hydroxylation sites is 1. The molecular weight excluding hydrogens is 486 g/mol. The normalized spacial score (nSPS) is 12.0. The van der Waals surface area contributed by atoms with Crippen molar-refractivity contribution in [2.75, 3.05) is 18.4 Å². The van der Waals surface area contributed by atoms with Crippen LogP contribution in [0.25, 0.3) is 10.2 Å². The Morgan fingerprint density at radius 1 is 1.06 bits per heavy atom. The fourth-order valence-electron chi connectivity index (χ4n) is 3.58. The number of nitrogens with zero attached hydrogens (tertiary/aromatic N) is 2. The van der Waals surface area contributed by atoms with Gasteiger partial charge in [-0.15, -0.1) is 0 Å². The second-order valence-electron chi connectivity index (χ2n) is 7.44. The monoisotopic (exact) mass is 511 g/mol. The van der Waals surface area contributed by atoms with Gasteiger partial charge in [-0.2, -0.15) is 4.99 Å². The fourth-order valence-corrected chi connectivity index (χ4v) is 5.74. The molecule has 182 valence electrons. The minimum Gasteiger partial charge on any atom is -0.497 e. The lowest BCUT2D eigenvalue weighted by Crippen LogP contribution is -2.16. The molecule has 1 N–H and O–H groups in total. The van der Waals surface area contributed by atoms with Crippen LogP contribution in [0.4, 0.5) is 5.69 Å². The molecule has 4 rings (SSSR count). The maximum Gasteiger partial charge on any atom is 0.279 e. The zero-order valence-electron chi connectivity index (χ0n) is 19.5. The smallest absolute Gasteiger partial charge is 0.279 e. The van der Waals surface area contributed by atoms with Gasteiger partial charge in [0.15, 0.2) is 4.80 Å². The van der Waals surface area contributed by atoms with Crippen LogP contribution in [-0.4, -0.2) is 32.6 Å². The molecule has 8 nitrogen and oxygen atoms in total. The highest BCUT2D eigenvalue weighted by molar-refractivity contribution is 7.92. The lowest BCUT2D eigenvalue weighted by Gasteiger charge is -2.09. The topological polar surface area (TPSA) is 99.0 Å². The van der Waals surface area contributed by atoms with Crippen LogP contribution >= 0.6 is 11.3 Å². The second-order valence-corrected chi connectivity index (χ2v) is 10.1. The van der Waals surface area contributed by atoms with E-state index >= 15 is 0 Å². The number of benzene rings is 3. The summed E-state index contributed by atoms with van der Waals surface area (Å²) < 4.78 is 41.8. The minimum atomic E-state index is -3.84. The molecule has 0 saturated carbocycles. The molecule has 0 atom stereocenters. The Balaban J connectivity index is 1.65. The fraction of sp³-hybridized carbons (Fsp3) is 0.200. The number of sulfonamides is 1. The molecule has 0 unspecified atom stereocenters. The van der Waals surface area contributed by atoms with Gasteiger partial charge in [0, 0.05) is 17.8 Å². The summed E-state index contributed by atoms with van der Waals surface area (Å²) in [5.41, 5.74) is 1.43. The van der Waals surface area contributed by atoms with Crippen molar-refractivity contribution < 1.29 is 22.7 Å². The Morgan fingerprint density at radius 3 is 2.49 bits per heavy atom. The Morgan fingerprint density at radius 2 is 1.80 bits per heavy atom. The maximum atomic E-state index is 13.0. The molecule has 1 amide bonds. The third-order valence-corrected chi connectivity index (χ3v) is 7.65. The number of hydrogen-bond acceptors (Lipinski definition) is 6. The number of aryl methyl sites for hydroxylation is 1. The van der Waals surface area contributed by atoms with Gasteiger partial charge in [-0.05, 0) is 68.4 Å². The zero-order chi connectivity index (χ0) is 25.0. The summed E-state index contributed by atoms with van der Waals surface area (Å²) in [6, 6.07) is 18.1. The molecule has 10 heteroatoms. The summed E-state index contributed by atoms with van der Waals surface area (Å²) in [6.45, 7) is 5.04. The van der Waals surface area contributed by atoms with Gasteiger partial charge in [0.05, 0.1) is 23.3 Å². The van der Waals surface area contributed by atoms with E-state index in [1.54, 1.807) is 30.3 Å². The molecule has 0 radical (unpaired) electrons. The van der Waals surface area contributed by atoms with Crippen LogP contribution in [0.15, 0.2) is 76.6 Å². The first-order valence-corrected chi connectivity index (χ1v) is 13.3. The van der Waals surface area contributed by atoms with Crippen LogP contribution in [0.3, 0.4) is 0 Å². The Hall–Kier alpha value is -3.63. The predicted octanol–water partition coefficient (Wildman–Crippen LogP) is 4.67. The van der Waals surface area contributed by atoms with E-state index < -0.39 is 15.9 Å². The van der Waals surface area contributed by atoms with Crippen molar-refractivity contribution in [1.82, 2.24) is 4.57 Å². The van der Waals surface area contributed by atoms with Gasteiger partial charge < -0.3 is 14.0 Å². The van der Waals surface area contributed by atoms with Gasteiger partial charge in [-0.25, -0.2) is 8.42 Å². The third-order valence-electron chi connectivity index (χ3n) is 5.21. The first-order valence-electron chi connectivity index (χ1n) is 11.0. The summed E-state index contributed by atoms with van der Waals surface area (Å²) in [4.78, 5) is 18.0. The van der Waals surface area contributed by atoms with E-state index in [9.17, 15) is 13.2 Å². The molecule has 1 aromatic heterocycles. The van der Waals surface area contributed by atoms with Crippen molar-refractivity contribution in [1.29, 1.82) is 0 Å².